The molecule has 2 rings (SSSR count). The van der Waals surface area contributed by atoms with Crippen LogP contribution in [0, 0.1) is 0 Å². The fourth-order valence-corrected chi connectivity index (χ4v) is 2.53. The van der Waals surface area contributed by atoms with Gasteiger partial charge in [-0.15, -0.1) is 0 Å². The summed E-state index contributed by atoms with van der Waals surface area (Å²) in [7, 11) is 0. The molecule has 0 saturated heterocycles. The minimum absolute atomic E-state index is 0.0513. The molecule has 5 heteroatoms. The minimum atomic E-state index is -0.117. The van der Waals surface area contributed by atoms with Crippen LogP contribution < -0.4 is 16.0 Å². The molecule has 0 fully saturated rings. The zero-order valence-corrected chi connectivity index (χ0v) is 14.8. The van der Waals surface area contributed by atoms with Crippen LogP contribution in [0.15, 0.2) is 54.6 Å². The number of carbonyl (C=O) groups excluding carboxylic acids is 1. The number of carbonyl (C=O) groups is 1. The van der Waals surface area contributed by atoms with Gasteiger partial charge in [0, 0.05) is 17.8 Å². The monoisotopic (exact) mass is 341 g/mol. The van der Waals surface area contributed by atoms with Gasteiger partial charge in [-0.2, -0.15) is 0 Å². The highest BCUT2D eigenvalue weighted by Gasteiger charge is 2.09. The maximum Gasteiger partial charge on any atom is 0.255 e. The first-order chi connectivity index (χ1) is 11.6. The maximum atomic E-state index is 12.2. The molecule has 0 radical (unpaired) electrons. The van der Waals surface area contributed by atoms with Crippen molar-refractivity contribution in [3.8, 4) is 0 Å². The molecule has 0 aliphatic heterocycles. The molecule has 4 nitrogen and oxygen atoms in total. The van der Waals surface area contributed by atoms with E-state index in [1.165, 1.54) is 0 Å². The normalized spacial score (nSPS) is 11.4. The van der Waals surface area contributed by atoms with E-state index < -0.39 is 0 Å². The Hall–Kier alpha value is -2.40. The lowest BCUT2D eigenvalue weighted by atomic mass is 10.1. The maximum absolute atomic E-state index is 12.2. The van der Waals surface area contributed by atoms with Crippen molar-refractivity contribution in [3.05, 3.63) is 65.7 Å². The van der Waals surface area contributed by atoms with Gasteiger partial charge in [-0.3, -0.25) is 4.79 Å². The standard InChI is InChI=1S/C19H23N3OS/c1-3-12-20-19(24)21-14(2)16-10-7-11-17(13-16)22-18(23)15-8-5-4-6-9-15/h4-11,13-14H,3,12H2,1-2H3,(H,22,23)(H2,20,21,24). The summed E-state index contributed by atoms with van der Waals surface area (Å²) in [4.78, 5) is 12.2. The molecule has 0 aromatic heterocycles. The summed E-state index contributed by atoms with van der Waals surface area (Å²) in [5.41, 5.74) is 2.46. The summed E-state index contributed by atoms with van der Waals surface area (Å²) in [6.45, 7) is 4.99. The second-order valence-corrected chi connectivity index (χ2v) is 5.98. The number of benzene rings is 2. The van der Waals surface area contributed by atoms with E-state index in [1.54, 1.807) is 12.1 Å². The van der Waals surface area contributed by atoms with Crippen LogP contribution in [-0.4, -0.2) is 17.6 Å². The highest BCUT2D eigenvalue weighted by molar-refractivity contribution is 7.80. The first-order valence-corrected chi connectivity index (χ1v) is 8.51. The number of amides is 1. The predicted octanol–water partition coefficient (Wildman–Crippen LogP) is 3.87. The van der Waals surface area contributed by atoms with Gasteiger partial charge in [0.1, 0.15) is 0 Å². The van der Waals surface area contributed by atoms with Crippen LogP contribution in [0.4, 0.5) is 5.69 Å². The zero-order valence-electron chi connectivity index (χ0n) is 14.0. The number of hydrogen-bond donors (Lipinski definition) is 3. The van der Waals surface area contributed by atoms with Gasteiger partial charge in [0.25, 0.3) is 5.91 Å². The molecular formula is C19H23N3OS. The van der Waals surface area contributed by atoms with Crippen molar-refractivity contribution in [2.45, 2.75) is 26.3 Å². The van der Waals surface area contributed by atoms with Crippen LogP contribution in [0.2, 0.25) is 0 Å². The molecule has 126 valence electrons. The molecular weight excluding hydrogens is 318 g/mol. The van der Waals surface area contributed by atoms with Crippen LogP contribution in [0.5, 0.6) is 0 Å². The third-order valence-corrected chi connectivity index (χ3v) is 3.83. The van der Waals surface area contributed by atoms with E-state index in [9.17, 15) is 4.79 Å². The van der Waals surface area contributed by atoms with Crippen molar-refractivity contribution in [2.24, 2.45) is 0 Å². The number of anilines is 1. The van der Waals surface area contributed by atoms with E-state index in [2.05, 4.69) is 22.9 Å². The molecule has 24 heavy (non-hydrogen) atoms. The van der Waals surface area contributed by atoms with E-state index >= 15 is 0 Å². The zero-order chi connectivity index (χ0) is 17.4. The van der Waals surface area contributed by atoms with Crippen LogP contribution in [0.25, 0.3) is 0 Å². The van der Waals surface area contributed by atoms with Crippen molar-refractivity contribution in [1.82, 2.24) is 10.6 Å². The summed E-state index contributed by atoms with van der Waals surface area (Å²) in [5.74, 6) is -0.117. The van der Waals surface area contributed by atoms with Gasteiger partial charge in [0.05, 0.1) is 6.04 Å². The van der Waals surface area contributed by atoms with Crippen molar-refractivity contribution < 1.29 is 4.79 Å². The molecule has 0 heterocycles. The predicted molar refractivity (Wildman–Crippen MR) is 103 cm³/mol. The topological polar surface area (TPSA) is 53.2 Å². The SMILES string of the molecule is CCCNC(=S)NC(C)c1cccc(NC(=O)c2ccccc2)c1. The van der Waals surface area contributed by atoms with E-state index in [0.717, 1.165) is 24.2 Å². The average Bonchev–Trinajstić information content (AvgIpc) is 2.61. The lowest BCUT2D eigenvalue weighted by Crippen LogP contribution is -2.37. The van der Waals surface area contributed by atoms with Gasteiger partial charge in [-0.05, 0) is 55.4 Å². The third-order valence-electron chi connectivity index (χ3n) is 3.56. The highest BCUT2D eigenvalue weighted by Crippen LogP contribution is 2.18. The molecule has 0 aliphatic carbocycles. The Morgan fingerprint density at radius 3 is 2.58 bits per heavy atom. The Morgan fingerprint density at radius 1 is 1.12 bits per heavy atom. The van der Waals surface area contributed by atoms with Gasteiger partial charge in [-0.1, -0.05) is 37.3 Å². The fraction of sp³-hybridized carbons (Fsp3) is 0.263. The summed E-state index contributed by atoms with van der Waals surface area (Å²) in [6.07, 6.45) is 1.03. The second kappa shape index (κ2) is 9.03. The number of nitrogens with one attached hydrogen (secondary N) is 3. The Morgan fingerprint density at radius 2 is 1.88 bits per heavy atom. The number of hydrogen-bond acceptors (Lipinski definition) is 2. The Labute approximate surface area is 148 Å². The lowest BCUT2D eigenvalue weighted by Gasteiger charge is -2.18. The number of thiocarbonyl (C=S) groups is 1. The van der Waals surface area contributed by atoms with Gasteiger partial charge >= 0.3 is 0 Å². The summed E-state index contributed by atoms with van der Waals surface area (Å²) >= 11 is 5.27. The van der Waals surface area contributed by atoms with Crippen molar-refractivity contribution >= 4 is 28.9 Å². The molecule has 0 spiro atoms. The Balaban J connectivity index is 2.00. The number of rotatable bonds is 6. The largest absolute Gasteiger partial charge is 0.363 e. The Kier molecular flexibility index (Phi) is 6.75. The van der Waals surface area contributed by atoms with Crippen LogP contribution in [-0.2, 0) is 0 Å². The van der Waals surface area contributed by atoms with Gasteiger partial charge in [-0.25, -0.2) is 0 Å². The highest BCUT2D eigenvalue weighted by atomic mass is 32.1. The van der Waals surface area contributed by atoms with Crippen LogP contribution in [0.3, 0.4) is 0 Å². The molecule has 0 bridgehead atoms. The molecule has 1 unspecified atom stereocenters. The molecule has 2 aromatic rings. The van der Waals surface area contributed by atoms with E-state index in [1.807, 2.05) is 49.4 Å². The molecule has 3 N–H and O–H groups in total. The van der Waals surface area contributed by atoms with E-state index in [0.29, 0.717) is 10.7 Å². The van der Waals surface area contributed by atoms with Gasteiger partial charge in [0.2, 0.25) is 0 Å². The van der Waals surface area contributed by atoms with Crippen molar-refractivity contribution in [3.63, 3.8) is 0 Å². The fourth-order valence-electron chi connectivity index (χ4n) is 2.25. The van der Waals surface area contributed by atoms with Crippen LogP contribution in [0.1, 0.15) is 42.2 Å². The van der Waals surface area contributed by atoms with E-state index in [-0.39, 0.29) is 11.9 Å². The van der Waals surface area contributed by atoms with Crippen LogP contribution >= 0.6 is 12.2 Å². The summed E-state index contributed by atoms with van der Waals surface area (Å²) in [5, 5.41) is 9.97. The Bertz CT molecular complexity index is 688. The molecule has 0 saturated carbocycles. The smallest absolute Gasteiger partial charge is 0.255 e. The first-order valence-electron chi connectivity index (χ1n) is 8.11. The second-order valence-electron chi connectivity index (χ2n) is 5.57. The summed E-state index contributed by atoms with van der Waals surface area (Å²) in [6, 6.07) is 17.0. The summed E-state index contributed by atoms with van der Waals surface area (Å²) < 4.78 is 0. The first kappa shape index (κ1) is 17.9. The molecule has 1 amide bonds. The molecule has 2 aromatic carbocycles. The minimum Gasteiger partial charge on any atom is -0.363 e. The van der Waals surface area contributed by atoms with Gasteiger partial charge in [0.15, 0.2) is 5.11 Å². The molecule has 1 atom stereocenters. The van der Waals surface area contributed by atoms with Crippen molar-refractivity contribution in [2.75, 3.05) is 11.9 Å². The van der Waals surface area contributed by atoms with Gasteiger partial charge < -0.3 is 16.0 Å². The third kappa shape index (κ3) is 5.35. The molecule has 0 aliphatic rings. The lowest BCUT2D eigenvalue weighted by molar-refractivity contribution is 0.102. The average molecular weight is 341 g/mol. The quantitative estimate of drug-likeness (QED) is 0.698. The van der Waals surface area contributed by atoms with E-state index in [4.69, 9.17) is 12.2 Å². The van der Waals surface area contributed by atoms with Crippen molar-refractivity contribution in [1.29, 1.82) is 0 Å².